The van der Waals surface area contributed by atoms with Crippen molar-refractivity contribution in [1.82, 2.24) is 4.90 Å². The smallest absolute Gasteiger partial charge is 0.227 e. The highest BCUT2D eigenvalue weighted by atomic mass is 16.5. The van der Waals surface area contributed by atoms with Crippen molar-refractivity contribution in [3.05, 3.63) is 54.1 Å². The van der Waals surface area contributed by atoms with Gasteiger partial charge in [-0.2, -0.15) is 0 Å². The molecular weight excluding hydrogens is 328 g/mol. The van der Waals surface area contributed by atoms with E-state index >= 15 is 0 Å². The van der Waals surface area contributed by atoms with Gasteiger partial charge in [-0.3, -0.25) is 4.79 Å². The van der Waals surface area contributed by atoms with Crippen LogP contribution in [0.2, 0.25) is 0 Å². The monoisotopic (exact) mass is 354 g/mol. The molecule has 1 heterocycles. The molecule has 0 spiro atoms. The first-order valence-electron chi connectivity index (χ1n) is 9.08. The van der Waals surface area contributed by atoms with Crippen LogP contribution in [0, 0.1) is 0 Å². The third-order valence-electron chi connectivity index (χ3n) is 4.66. The molecule has 1 fully saturated rings. The van der Waals surface area contributed by atoms with E-state index in [1.54, 1.807) is 7.11 Å². The van der Waals surface area contributed by atoms with Gasteiger partial charge in [-0.15, -0.1) is 0 Å². The molecular formula is C21H26N2O3. The molecule has 0 atom stereocenters. The van der Waals surface area contributed by atoms with Gasteiger partial charge in [0.15, 0.2) is 0 Å². The highest BCUT2D eigenvalue weighted by Gasteiger charge is 2.21. The summed E-state index contributed by atoms with van der Waals surface area (Å²) in [6, 6.07) is 15.9. The van der Waals surface area contributed by atoms with Crippen molar-refractivity contribution in [3.8, 4) is 11.5 Å². The van der Waals surface area contributed by atoms with E-state index in [2.05, 4.69) is 17.0 Å². The summed E-state index contributed by atoms with van der Waals surface area (Å²) in [6.07, 6.45) is 0.439. The van der Waals surface area contributed by atoms with Crippen molar-refractivity contribution in [3.63, 3.8) is 0 Å². The molecule has 0 bridgehead atoms. The third-order valence-corrected chi connectivity index (χ3v) is 4.66. The predicted octanol–water partition coefficient (Wildman–Crippen LogP) is 2.99. The van der Waals surface area contributed by atoms with E-state index in [0.29, 0.717) is 13.0 Å². The quantitative estimate of drug-likeness (QED) is 0.800. The van der Waals surface area contributed by atoms with E-state index in [1.807, 2.05) is 48.2 Å². The maximum atomic E-state index is 12.6. The van der Waals surface area contributed by atoms with Crippen LogP contribution in [0.3, 0.4) is 0 Å². The first-order valence-corrected chi connectivity index (χ1v) is 9.08. The minimum atomic E-state index is 0.184. The van der Waals surface area contributed by atoms with E-state index in [-0.39, 0.29) is 5.91 Å². The normalized spacial score (nSPS) is 14.2. The maximum absolute atomic E-state index is 12.6. The molecule has 0 aliphatic carbocycles. The molecule has 26 heavy (non-hydrogen) atoms. The fourth-order valence-corrected chi connectivity index (χ4v) is 3.16. The molecule has 3 rings (SSSR count). The van der Waals surface area contributed by atoms with Crippen LogP contribution in [-0.4, -0.2) is 50.7 Å². The van der Waals surface area contributed by atoms with E-state index in [1.165, 1.54) is 5.69 Å². The summed E-state index contributed by atoms with van der Waals surface area (Å²) in [7, 11) is 1.67. The Balaban J connectivity index is 1.51. The minimum Gasteiger partial charge on any atom is -0.497 e. The zero-order valence-electron chi connectivity index (χ0n) is 15.5. The number of rotatable bonds is 6. The molecule has 1 aliphatic heterocycles. The van der Waals surface area contributed by atoms with Crippen molar-refractivity contribution in [2.24, 2.45) is 0 Å². The molecule has 0 unspecified atom stereocenters. The Kier molecular flexibility index (Phi) is 6.00. The summed E-state index contributed by atoms with van der Waals surface area (Å²) >= 11 is 0. The molecule has 0 radical (unpaired) electrons. The number of carbonyl (C=O) groups excluding carboxylic acids is 1. The van der Waals surface area contributed by atoms with Crippen molar-refractivity contribution < 1.29 is 14.3 Å². The number of piperazine rings is 1. The number of amides is 1. The highest BCUT2D eigenvalue weighted by Crippen LogP contribution is 2.21. The average molecular weight is 354 g/mol. The number of benzene rings is 2. The summed E-state index contributed by atoms with van der Waals surface area (Å²) < 4.78 is 10.6. The van der Waals surface area contributed by atoms with Crippen LogP contribution in [0.1, 0.15) is 12.5 Å². The number of hydrogen-bond donors (Lipinski definition) is 0. The van der Waals surface area contributed by atoms with Gasteiger partial charge in [-0.1, -0.05) is 12.1 Å². The zero-order chi connectivity index (χ0) is 18.4. The van der Waals surface area contributed by atoms with Gasteiger partial charge in [0, 0.05) is 31.9 Å². The second kappa shape index (κ2) is 8.61. The number of hydrogen-bond acceptors (Lipinski definition) is 4. The molecule has 5 nitrogen and oxygen atoms in total. The fraction of sp³-hybridized carbons (Fsp3) is 0.381. The Morgan fingerprint density at radius 1 is 0.923 bits per heavy atom. The topological polar surface area (TPSA) is 42.0 Å². The molecule has 2 aromatic carbocycles. The van der Waals surface area contributed by atoms with Crippen LogP contribution in [0.5, 0.6) is 11.5 Å². The average Bonchev–Trinajstić information content (AvgIpc) is 2.70. The van der Waals surface area contributed by atoms with E-state index in [9.17, 15) is 4.79 Å². The molecule has 138 valence electrons. The van der Waals surface area contributed by atoms with Crippen molar-refractivity contribution >= 4 is 11.6 Å². The first kappa shape index (κ1) is 18.1. The van der Waals surface area contributed by atoms with Gasteiger partial charge in [-0.25, -0.2) is 0 Å². The fourth-order valence-electron chi connectivity index (χ4n) is 3.16. The van der Waals surface area contributed by atoms with Gasteiger partial charge in [0.1, 0.15) is 11.5 Å². The van der Waals surface area contributed by atoms with E-state index < -0.39 is 0 Å². The Morgan fingerprint density at radius 3 is 2.12 bits per heavy atom. The van der Waals surface area contributed by atoms with Gasteiger partial charge >= 0.3 is 0 Å². The zero-order valence-corrected chi connectivity index (χ0v) is 15.5. The van der Waals surface area contributed by atoms with Gasteiger partial charge in [0.2, 0.25) is 5.91 Å². The van der Waals surface area contributed by atoms with Gasteiger partial charge in [-0.05, 0) is 48.9 Å². The summed E-state index contributed by atoms with van der Waals surface area (Å²) in [5, 5.41) is 0. The molecule has 0 saturated carbocycles. The molecule has 2 aromatic rings. The second-order valence-corrected chi connectivity index (χ2v) is 6.32. The predicted molar refractivity (Wildman–Crippen MR) is 103 cm³/mol. The number of anilines is 1. The van der Waals surface area contributed by atoms with Gasteiger partial charge in [0.25, 0.3) is 0 Å². The number of nitrogens with zero attached hydrogens (tertiary/aromatic N) is 2. The Labute approximate surface area is 155 Å². The van der Waals surface area contributed by atoms with E-state index in [0.717, 1.165) is 43.2 Å². The largest absolute Gasteiger partial charge is 0.497 e. The lowest BCUT2D eigenvalue weighted by Crippen LogP contribution is -2.49. The van der Waals surface area contributed by atoms with Crippen LogP contribution in [0.15, 0.2) is 48.5 Å². The maximum Gasteiger partial charge on any atom is 0.227 e. The molecule has 1 amide bonds. The van der Waals surface area contributed by atoms with Crippen molar-refractivity contribution in [2.45, 2.75) is 13.3 Å². The lowest BCUT2D eigenvalue weighted by molar-refractivity contribution is -0.130. The minimum absolute atomic E-state index is 0.184. The van der Waals surface area contributed by atoms with Crippen LogP contribution in [-0.2, 0) is 11.2 Å². The Hall–Kier alpha value is -2.69. The third kappa shape index (κ3) is 4.48. The van der Waals surface area contributed by atoms with Crippen molar-refractivity contribution in [2.75, 3.05) is 44.8 Å². The number of methoxy groups -OCH3 is 1. The molecule has 1 aliphatic rings. The summed E-state index contributed by atoms with van der Waals surface area (Å²) in [4.78, 5) is 16.8. The highest BCUT2D eigenvalue weighted by molar-refractivity contribution is 5.79. The van der Waals surface area contributed by atoms with Crippen LogP contribution in [0.4, 0.5) is 5.69 Å². The van der Waals surface area contributed by atoms with Crippen molar-refractivity contribution in [1.29, 1.82) is 0 Å². The molecule has 5 heteroatoms. The Bertz CT molecular complexity index is 705. The van der Waals surface area contributed by atoms with Crippen LogP contribution >= 0.6 is 0 Å². The molecule has 0 N–H and O–H groups in total. The van der Waals surface area contributed by atoms with Crippen LogP contribution < -0.4 is 14.4 Å². The Morgan fingerprint density at radius 2 is 1.54 bits per heavy atom. The van der Waals surface area contributed by atoms with E-state index in [4.69, 9.17) is 9.47 Å². The van der Waals surface area contributed by atoms with Crippen LogP contribution in [0.25, 0.3) is 0 Å². The summed E-state index contributed by atoms with van der Waals surface area (Å²) in [6.45, 7) is 5.81. The lowest BCUT2D eigenvalue weighted by atomic mass is 10.1. The second-order valence-electron chi connectivity index (χ2n) is 6.32. The number of carbonyl (C=O) groups is 1. The standard InChI is InChI=1S/C21H26N2O3/c1-3-26-20-8-4-17(5-9-20)16-21(24)23-14-12-22(13-15-23)18-6-10-19(25-2)11-7-18/h4-11H,3,12-16H2,1-2H3. The van der Waals surface area contributed by atoms with Gasteiger partial charge < -0.3 is 19.3 Å². The summed E-state index contributed by atoms with van der Waals surface area (Å²) in [5.41, 5.74) is 2.19. The lowest BCUT2D eigenvalue weighted by Gasteiger charge is -2.36. The first-order chi connectivity index (χ1) is 12.7. The molecule has 1 saturated heterocycles. The number of ether oxygens (including phenoxy) is 2. The van der Waals surface area contributed by atoms with Gasteiger partial charge in [0.05, 0.1) is 20.1 Å². The molecule has 0 aromatic heterocycles. The summed E-state index contributed by atoms with van der Waals surface area (Å²) in [5.74, 6) is 1.89. The SMILES string of the molecule is CCOc1ccc(CC(=O)N2CCN(c3ccc(OC)cc3)CC2)cc1.